The first-order valence-electron chi connectivity index (χ1n) is 9.61. The Labute approximate surface area is 161 Å². The first kappa shape index (κ1) is 21.1. The fourth-order valence-electron chi connectivity index (χ4n) is 3.19. The second-order valence-electron chi connectivity index (χ2n) is 6.73. The fraction of sp³-hybridized carbons (Fsp3) is 0.632. The number of guanidine groups is 1. The molecule has 0 saturated carbocycles. The summed E-state index contributed by atoms with van der Waals surface area (Å²) in [5.41, 5.74) is 0.927. The summed E-state index contributed by atoms with van der Waals surface area (Å²) in [6.07, 6.45) is 3.23. The van der Waals surface area contributed by atoms with Crippen molar-refractivity contribution in [3.8, 4) is 0 Å². The van der Waals surface area contributed by atoms with E-state index in [0.29, 0.717) is 12.6 Å². The Hall–Kier alpha value is -2.19. The number of hydrogen-bond donors (Lipinski definition) is 2. The number of non-ortho nitro benzene ring substituents is 1. The highest BCUT2D eigenvalue weighted by molar-refractivity contribution is 5.80. The number of benzene rings is 1. The smallest absolute Gasteiger partial charge is 0.269 e. The van der Waals surface area contributed by atoms with Gasteiger partial charge in [0.25, 0.3) is 5.69 Å². The molecule has 0 spiro atoms. The van der Waals surface area contributed by atoms with Gasteiger partial charge in [-0.05, 0) is 31.7 Å². The number of ether oxygens (including phenoxy) is 1. The number of nitro benzene ring substituents is 1. The van der Waals surface area contributed by atoms with Crippen LogP contribution in [0, 0.1) is 10.1 Å². The number of aliphatic imine (C=N–C) groups is 1. The van der Waals surface area contributed by atoms with Gasteiger partial charge in [-0.2, -0.15) is 0 Å². The summed E-state index contributed by atoms with van der Waals surface area (Å²) in [5.74, 6) is 0.766. The summed E-state index contributed by atoms with van der Waals surface area (Å²) in [4.78, 5) is 17.6. The molecule has 0 bridgehead atoms. The van der Waals surface area contributed by atoms with Crippen molar-refractivity contribution in [3.63, 3.8) is 0 Å². The Morgan fingerprint density at radius 1 is 1.41 bits per heavy atom. The third-order valence-corrected chi connectivity index (χ3v) is 4.64. The third-order valence-electron chi connectivity index (χ3n) is 4.64. The fourth-order valence-corrected chi connectivity index (χ4v) is 3.19. The molecule has 8 nitrogen and oxygen atoms in total. The van der Waals surface area contributed by atoms with E-state index in [4.69, 9.17) is 4.74 Å². The van der Waals surface area contributed by atoms with Crippen molar-refractivity contribution in [2.45, 2.75) is 38.8 Å². The average Bonchev–Trinajstić information content (AvgIpc) is 2.68. The maximum atomic E-state index is 10.9. The van der Waals surface area contributed by atoms with Crippen LogP contribution in [0.15, 0.2) is 29.3 Å². The molecule has 1 aliphatic heterocycles. The predicted molar refractivity (Wildman–Crippen MR) is 107 cm³/mol. The lowest BCUT2D eigenvalue weighted by atomic mass is 10.1. The number of piperidine rings is 1. The first-order chi connectivity index (χ1) is 13.1. The van der Waals surface area contributed by atoms with E-state index < -0.39 is 0 Å². The van der Waals surface area contributed by atoms with Gasteiger partial charge in [-0.15, -0.1) is 0 Å². The summed E-state index contributed by atoms with van der Waals surface area (Å²) < 4.78 is 5.12. The number of hydrogen-bond acceptors (Lipinski definition) is 5. The van der Waals surface area contributed by atoms with Gasteiger partial charge >= 0.3 is 0 Å². The minimum atomic E-state index is -0.378. The lowest BCUT2D eigenvalue weighted by molar-refractivity contribution is -0.384. The standard InChI is InChI=1S/C19H31N5O3/c1-3-20-19(21-15-16-6-4-7-18(14-16)24(25)26)22-17-8-11-23(12-9-17)10-5-13-27-2/h4,6-7,14,17H,3,5,8-13,15H2,1-2H3,(H2,20,21,22). The number of methoxy groups -OCH3 is 1. The van der Waals surface area contributed by atoms with Gasteiger partial charge in [-0.1, -0.05) is 12.1 Å². The zero-order valence-corrected chi connectivity index (χ0v) is 16.3. The molecule has 1 heterocycles. The molecule has 0 aliphatic carbocycles. The molecule has 1 fully saturated rings. The Morgan fingerprint density at radius 3 is 2.85 bits per heavy atom. The van der Waals surface area contributed by atoms with Crippen molar-refractivity contribution in [1.29, 1.82) is 0 Å². The van der Waals surface area contributed by atoms with Crippen molar-refractivity contribution in [1.82, 2.24) is 15.5 Å². The second kappa shape index (κ2) is 11.5. The molecule has 2 rings (SSSR count). The molecule has 0 amide bonds. The van der Waals surface area contributed by atoms with Crippen LogP contribution in [0.1, 0.15) is 31.7 Å². The van der Waals surface area contributed by atoms with Crippen molar-refractivity contribution < 1.29 is 9.66 Å². The third kappa shape index (κ3) is 7.52. The minimum Gasteiger partial charge on any atom is -0.385 e. The number of rotatable bonds is 9. The zero-order valence-electron chi connectivity index (χ0n) is 16.3. The Morgan fingerprint density at radius 2 is 2.19 bits per heavy atom. The molecule has 2 N–H and O–H groups in total. The molecule has 1 aromatic rings. The topological polar surface area (TPSA) is 92.0 Å². The van der Waals surface area contributed by atoms with Crippen LogP contribution < -0.4 is 10.6 Å². The summed E-state index contributed by atoms with van der Waals surface area (Å²) in [6, 6.07) is 7.02. The molecule has 8 heteroatoms. The molecule has 1 saturated heterocycles. The van der Waals surface area contributed by atoms with Gasteiger partial charge in [0.1, 0.15) is 0 Å². The van der Waals surface area contributed by atoms with Crippen molar-refractivity contribution in [2.24, 2.45) is 4.99 Å². The normalized spacial score (nSPS) is 16.3. The maximum Gasteiger partial charge on any atom is 0.269 e. The van der Waals surface area contributed by atoms with Crippen molar-refractivity contribution in [2.75, 3.05) is 39.9 Å². The molecule has 1 aromatic carbocycles. The molecular weight excluding hydrogens is 346 g/mol. The van der Waals surface area contributed by atoms with Crippen LogP contribution in [-0.2, 0) is 11.3 Å². The molecule has 1 aliphatic rings. The Balaban J connectivity index is 1.85. The molecule has 150 valence electrons. The Kier molecular flexibility index (Phi) is 9.00. The molecule has 27 heavy (non-hydrogen) atoms. The average molecular weight is 377 g/mol. The number of likely N-dealkylation sites (tertiary alicyclic amines) is 1. The molecule has 0 unspecified atom stereocenters. The van der Waals surface area contributed by atoms with Crippen LogP contribution in [0.25, 0.3) is 0 Å². The number of nitro groups is 1. The monoisotopic (exact) mass is 377 g/mol. The molecule has 0 atom stereocenters. The molecule has 0 aromatic heterocycles. The number of nitrogens with zero attached hydrogens (tertiary/aromatic N) is 3. The van der Waals surface area contributed by atoms with Crippen LogP contribution >= 0.6 is 0 Å². The lowest BCUT2D eigenvalue weighted by Crippen LogP contribution is -2.48. The minimum absolute atomic E-state index is 0.0986. The quantitative estimate of drug-likeness (QED) is 0.225. The maximum absolute atomic E-state index is 10.9. The van der Waals surface area contributed by atoms with Crippen LogP contribution in [0.2, 0.25) is 0 Å². The lowest BCUT2D eigenvalue weighted by Gasteiger charge is -2.33. The molecular formula is C19H31N5O3. The van der Waals surface area contributed by atoms with E-state index in [1.165, 1.54) is 6.07 Å². The highest BCUT2D eigenvalue weighted by atomic mass is 16.6. The highest BCUT2D eigenvalue weighted by Crippen LogP contribution is 2.14. The van der Waals surface area contributed by atoms with E-state index in [-0.39, 0.29) is 10.6 Å². The van der Waals surface area contributed by atoms with Gasteiger partial charge in [0.15, 0.2) is 5.96 Å². The molecule has 0 radical (unpaired) electrons. The van der Waals surface area contributed by atoms with E-state index in [0.717, 1.165) is 63.6 Å². The summed E-state index contributed by atoms with van der Waals surface area (Å²) >= 11 is 0. The van der Waals surface area contributed by atoms with E-state index in [9.17, 15) is 10.1 Å². The SMILES string of the molecule is CCNC(=NCc1cccc([N+](=O)[O-])c1)NC1CCN(CCCOC)CC1. The van der Waals surface area contributed by atoms with Crippen LogP contribution in [0.4, 0.5) is 5.69 Å². The van der Waals surface area contributed by atoms with Gasteiger partial charge in [-0.25, -0.2) is 4.99 Å². The van der Waals surface area contributed by atoms with Gasteiger partial charge in [0.2, 0.25) is 0 Å². The van der Waals surface area contributed by atoms with Gasteiger partial charge in [-0.3, -0.25) is 10.1 Å². The van der Waals surface area contributed by atoms with Gasteiger partial charge < -0.3 is 20.3 Å². The highest BCUT2D eigenvalue weighted by Gasteiger charge is 2.19. The van der Waals surface area contributed by atoms with E-state index >= 15 is 0 Å². The van der Waals surface area contributed by atoms with E-state index in [1.54, 1.807) is 19.2 Å². The van der Waals surface area contributed by atoms with Crippen molar-refractivity contribution >= 4 is 11.6 Å². The zero-order chi connectivity index (χ0) is 19.5. The second-order valence-corrected chi connectivity index (χ2v) is 6.73. The van der Waals surface area contributed by atoms with E-state index in [1.807, 2.05) is 13.0 Å². The largest absolute Gasteiger partial charge is 0.385 e. The Bertz CT molecular complexity index is 615. The first-order valence-corrected chi connectivity index (χ1v) is 9.61. The van der Waals surface area contributed by atoms with Crippen LogP contribution in [-0.4, -0.2) is 61.7 Å². The van der Waals surface area contributed by atoms with Crippen molar-refractivity contribution in [3.05, 3.63) is 39.9 Å². The van der Waals surface area contributed by atoms with Crippen LogP contribution in [0.3, 0.4) is 0 Å². The van der Waals surface area contributed by atoms with E-state index in [2.05, 4.69) is 20.5 Å². The summed E-state index contributed by atoms with van der Waals surface area (Å²) in [5, 5.41) is 17.7. The number of nitrogens with one attached hydrogen (secondary N) is 2. The van der Waals surface area contributed by atoms with Crippen LogP contribution in [0.5, 0.6) is 0 Å². The van der Waals surface area contributed by atoms with Gasteiger partial charge in [0, 0.05) is 58.1 Å². The summed E-state index contributed by atoms with van der Waals surface area (Å²) in [6.45, 7) is 7.26. The van der Waals surface area contributed by atoms with Gasteiger partial charge in [0.05, 0.1) is 11.5 Å². The summed E-state index contributed by atoms with van der Waals surface area (Å²) in [7, 11) is 1.74. The predicted octanol–water partition coefficient (Wildman–Crippen LogP) is 2.15.